The SMILES string of the molecule is CO[C@@H](C)[C@@H]1C[C@H](COC(=O)N2CCCC2)CN1C. The van der Waals surface area contributed by atoms with E-state index in [2.05, 4.69) is 18.9 Å². The molecule has 2 fully saturated rings. The van der Waals surface area contributed by atoms with Crippen LogP contribution >= 0.6 is 0 Å². The highest BCUT2D eigenvalue weighted by Gasteiger charge is 2.34. The third-order valence-electron chi connectivity index (χ3n) is 4.41. The van der Waals surface area contributed by atoms with Crippen molar-refractivity contribution in [3.05, 3.63) is 0 Å². The van der Waals surface area contributed by atoms with Crippen LogP contribution in [0.4, 0.5) is 4.79 Å². The molecule has 2 rings (SSSR count). The molecular formula is C14H26N2O3. The molecule has 0 aromatic heterocycles. The van der Waals surface area contributed by atoms with E-state index in [4.69, 9.17) is 9.47 Å². The lowest BCUT2D eigenvalue weighted by molar-refractivity contribution is 0.0527. The Morgan fingerprint density at radius 1 is 1.37 bits per heavy atom. The van der Waals surface area contributed by atoms with Gasteiger partial charge in [-0.05, 0) is 33.2 Å². The van der Waals surface area contributed by atoms with Crippen molar-refractivity contribution in [3.8, 4) is 0 Å². The van der Waals surface area contributed by atoms with Gasteiger partial charge < -0.3 is 19.3 Å². The van der Waals surface area contributed by atoms with Crippen molar-refractivity contribution >= 4 is 6.09 Å². The lowest BCUT2D eigenvalue weighted by atomic mass is 10.0. The number of ether oxygens (including phenoxy) is 2. The Morgan fingerprint density at radius 3 is 2.68 bits per heavy atom. The van der Waals surface area contributed by atoms with Crippen LogP contribution < -0.4 is 0 Å². The maximum atomic E-state index is 11.8. The van der Waals surface area contributed by atoms with Gasteiger partial charge in [-0.25, -0.2) is 4.79 Å². The summed E-state index contributed by atoms with van der Waals surface area (Å²) in [5.74, 6) is 0.430. The molecule has 2 saturated heterocycles. The number of methoxy groups -OCH3 is 1. The largest absolute Gasteiger partial charge is 0.449 e. The second kappa shape index (κ2) is 6.57. The van der Waals surface area contributed by atoms with Crippen LogP contribution in [0.1, 0.15) is 26.2 Å². The number of rotatable bonds is 4. The summed E-state index contributed by atoms with van der Waals surface area (Å²) in [5, 5.41) is 0. The Bertz CT molecular complexity index is 305. The highest BCUT2D eigenvalue weighted by atomic mass is 16.6. The van der Waals surface area contributed by atoms with Crippen molar-refractivity contribution in [3.63, 3.8) is 0 Å². The van der Waals surface area contributed by atoms with Crippen molar-refractivity contribution < 1.29 is 14.3 Å². The summed E-state index contributed by atoms with van der Waals surface area (Å²) < 4.78 is 10.8. The molecule has 3 atom stereocenters. The van der Waals surface area contributed by atoms with Crippen molar-refractivity contribution in [1.82, 2.24) is 9.80 Å². The van der Waals surface area contributed by atoms with Crippen LogP contribution in [0.2, 0.25) is 0 Å². The first kappa shape index (κ1) is 14.6. The van der Waals surface area contributed by atoms with Gasteiger partial charge in [0.15, 0.2) is 0 Å². The predicted molar refractivity (Wildman–Crippen MR) is 73.2 cm³/mol. The Hall–Kier alpha value is -0.810. The molecule has 0 unspecified atom stereocenters. The molecule has 1 amide bonds. The fourth-order valence-corrected chi connectivity index (χ4v) is 3.15. The zero-order valence-corrected chi connectivity index (χ0v) is 12.3. The second-order valence-corrected chi connectivity index (χ2v) is 5.82. The number of nitrogens with zero attached hydrogens (tertiary/aromatic N) is 2. The van der Waals surface area contributed by atoms with Gasteiger partial charge in [0, 0.05) is 38.7 Å². The average molecular weight is 270 g/mol. The Balaban J connectivity index is 1.73. The number of likely N-dealkylation sites (tertiary alicyclic amines) is 2. The van der Waals surface area contributed by atoms with Crippen LogP contribution in [0.5, 0.6) is 0 Å². The van der Waals surface area contributed by atoms with Gasteiger partial charge in [-0.1, -0.05) is 0 Å². The Kier molecular flexibility index (Phi) is 5.05. The molecule has 110 valence electrons. The second-order valence-electron chi connectivity index (χ2n) is 5.82. The van der Waals surface area contributed by atoms with Gasteiger partial charge in [0.2, 0.25) is 0 Å². The summed E-state index contributed by atoms with van der Waals surface area (Å²) in [6.45, 7) is 5.32. The molecule has 0 radical (unpaired) electrons. The first-order valence-electron chi connectivity index (χ1n) is 7.26. The van der Waals surface area contributed by atoms with E-state index < -0.39 is 0 Å². The van der Waals surface area contributed by atoms with E-state index in [0.717, 1.165) is 38.9 Å². The van der Waals surface area contributed by atoms with Gasteiger partial charge in [-0.3, -0.25) is 0 Å². The topological polar surface area (TPSA) is 42.0 Å². The quantitative estimate of drug-likeness (QED) is 0.778. The van der Waals surface area contributed by atoms with Crippen molar-refractivity contribution in [2.75, 3.05) is 40.4 Å². The lowest BCUT2D eigenvalue weighted by Gasteiger charge is -2.24. The van der Waals surface area contributed by atoms with Gasteiger partial charge in [0.1, 0.15) is 0 Å². The molecular weight excluding hydrogens is 244 g/mol. The van der Waals surface area contributed by atoms with E-state index in [9.17, 15) is 4.79 Å². The summed E-state index contributed by atoms with van der Waals surface area (Å²) in [5.41, 5.74) is 0. The molecule has 0 spiro atoms. The first-order chi connectivity index (χ1) is 9.11. The van der Waals surface area contributed by atoms with Crippen molar-refractivity contribution in [2.45, 2.75) is 38.3 Å². The number of carbonyl (C=O) groups is 1. The first-order valence-corrected chi connectivity index (χ1v) is 7.26. The van der Waals surface area contributed by atoms with Crippen molar-refractivity contribution in [2.24, 2.45) is 5.92 Å². The van der Waals surface area contributed by atoms with Crippen LogP contribution in [0.3, 0.4) is 0 Å². The summed E-state index contributed by atoms with van der Waals surface area (Å²) >= 11 is 0. The van der Waals surface area contributed by atoms with Gasteiger partial charge in [-0.2, -0.15) is 0 Å². The summed E-state index contributed by atoms with van der Waals surface area (Å²) in [6.07, 6.45) is 3.34. The van der Waals surface area contributed by atoms with Crippen LogP contribution in [-0.4, -0.2) is 68.4 Å². The van der Waals surface area contributed by atoms with E-state index >= 15 is 0 Å². The maximum Gasteiger partial charge on any atom is 0.409 e. The van der Waals surface area contributed by atoms with Crippen LogP contribution in [-0.2, 0) is 9.47 Å². The molecule has 0 aromatic carbocycles. The molecule has 0 saturated carbocycles. The molecule has 0 aliphatic carbocycles. The fourth-order valence-electron chi connectivity index (χ4n) is 3.15. The van der Waals surface area contributed by atoms with E-state index in [1.54, 1.807) is 7.11 Å². The monoisotopic (exact) mass is 270 g/mol. The van der Waals surface area contributed by atoms with Gasteiger partial charge in [0.25, 0.3) is 0 Å². The number of likely N-dealkylation sites (N-methyl/N-ethyl adjacent to an activating group) is 1. The molecule has 0 bridgehead atoms. The van der Waals surface area contributed by atoms with E-state index in [-0.39, 0.29) is 12.2 Å². The number of carbonyl (C=O) groups excluding carboxylic acids is 1. The van der Waals surface area contributed by atoms with E-state index in [1.807, 2.05) is 4.90 Å². The maximum absolute atomic E-state index is 11.8. The number of amides is 1. The molecule has 2 heterocycles. The summed E-state index contributed by atoms with van der Waals surface area (Å²) in [6, 6.07) is 0.431. The molecule has 0 aromatic rings. The van der Waals surface area contributed by atoms with Gasteiger partial charge in [0.05, 0.1) is 12.7 Å². The molecule has 5 nitrogen and oxygen atoms in total. The van der Waals surface area contributed by atoms with Crippen molar-refractivity contribution in [1.29, 1.82) is 0 Å². The van der Waals surface area contributed by atoms with Crippen LogP contribution in [0.25, 0.3) is 0 Å². The fraction of sp³-hybridized carbons (Fsp3) is 0.929. The van der Waals surface area contributed by atoms with E-state index in [1.165, 1.54) is 0 Å². The Labute approximate surface area is 115 Å². The molecule has 0 N–H and O–H groups in total. The Morgan fingerprint density at radius 2 is 2.05 bits per heavy atom. The standard InChI is InChI=1S/C14H26N2O3/c1-11(18-3)13-8-12(9-15(13)2)10-19-14(17)16-6-4-5-7-16/h11-13H,4-10H2,1-3H3/t11-,12-,13-/m0/s1. The normalized spacial score (nSPS) is 29.7. The zero-order valence-electron chi connectivity index (χ0n) is 12.3. The van der Waals surface area contributed by atoms with Gasteiger partial charge >= 0.3 is 6.09 Å². The average Bonchev–Trinajstić information content (AvgIpc) is 3.04. The van der Waals surface area contributed by atoms with E-state index in [0.29, 0.717) is 18.6 Å². The number of hydrogen-bond acceptors (Lipinski definition) is 4. The third kappa shape index (κ3) is 3.60. The lowest BCUT2D eigenvalue weighted by Crippen LogP contribution is -2.35. The highest BCUT2D eigenvalue weighted by Crippen LogP contribution is 2.25. The molecule has 19 heavy (non-hydrogen) atoms. The minimum absolute atomic E-state index is 0.136. The summed E-state index contributed by atoms with van der Waals surface area (Å²) in [4.78, 5) is 15.9. The predicted octanol–water partition coefficient (Wildman–Crippen LogP) is 1.57. The minimum atomic E-state index is -0.136. The zero-order chi connectivity index (χ0) is 13.8. The highest BCUT2D eigenvalue weighted by molar-refractivity contribution is 5.67. The smallest absolute Gasteiger partial charge is 0.409 e. The van der Waals surface area contributed by atoms with Crippen LogP contribution in [0, 0.1) is 5.92 Å². The third-order valence-corrected chi connectivity index (χ3v) is 4.41. The molecule has 2 aliphatic heterocycles. The van der Waals surface area contributed by atoms with Gasteiger partial charge in [-0.15, -0.1) is 0 Å². The summed E-state index contributed by atoms with van der Waals surface area (Å²) in [7, 11) is 3.86. The minimum Gasteiger partial charge on any atom is -0.449 e. The number of hydrogen-bond donors (Lipinski definition) is 0. The molecule has 5 heteroatoms. The van der Waals surface area contributed by atoms with Crippen LogP contribution in [0.15, 0.2) is 0 Å². The molecule has 2 aliphatic rings.